The summed E-state index contributed by atoms with van der Waals surface area (Å²) in [6.45, 7) is 2.06. The van der Waals surface area contributed by atoms with E-state index in [4.69, 9.17) is 11.6 Å². The van der Waals surface area contributed by atoms with E-state index in [2.05, 4.69) is 28.9 Å². The van der Waals surface area contributed by atoms with Crippen LogP contribution >= 0.6 is 27.5 Å². The molecule has 3 aromatic rings. The number of fused-ring (bicyclic) bond motifs is 1. The number of rotatable bonds is 2. The van der Waals surface area contributed by atoms with Gasteiger partial charge in [-0.25, -0.2) is 4.39 Å². The first-order valence-electron chi connectivity index (χ1n) is 6.66. The van der Waals surface area contributed by atoms with Gasteiger partial charge in [-0.1, -0.05) is 58.4 Å². The zero-order valence-corrected chi connectivity index (χ0v) is 13.7. The van der Waals surface area contributed by atoms with Crippen molar-refractivity contribution in [3.05, 3.63) is 81.6 Å². The summed E-state index contributed by atoms with van der Waals surface area (Å²) in [7, 11) is 0. The van der Waals surface area contributed by atoms with E-state index in [1.165, 1.54) is 11.6 Å². The molecule has 0 aliphatic carbocycles. The van der Waals surface area contributed by atoms with Crippen molar-refractivity contribution in [1.82, 2.24) is 0 Å². The average molecular weight is 364 g/mol. The zero-order chi connectivity index (χ0) is 15.0. The fraction of sp³-hybridized carbons (Fsp3) is 0.111. The molecule has 0 amide bonds. The SMILES string of the molecule is Cc1ccc(C(Cl)c2c(F)cccc2Br)c2ccccc12. The van der Waals surface area contributed by atoms with Gasteiger partial charge >= 0.3 is 0 Å². The van der Waals surface area contributed by atoms with Crippen LogP contribution in [0.25, 0.3) is 10.8 Å². The molecule has 0 aliphatic rings. The highest BCUT2D eigenvalue weighted by atomic mass is 79.9. The van der Waals surface area contributed by atoms with E-state index < -0.39 is 5.38 Å². The van der Waals surface area contributed by atoms with Crippen LogP contribution in [0, 0.1) is 12.7 Å². The molecule has 0 nitrogen and oxygen atoms in total. The summed E-state index contributed by atoms with van der Waals surface area (Å²) in [4.78, 5) is 0. The van der Waals surface area contributed by atoms with Gasteiger partial charge in [0, 0.05) is 10.0 Å². The highest BCUT2D eigenvalue weighted by Gasteiger charge is 2.20. The van der Waals surface area contributed by atoms with Crippen LogP contribution in [0.4, 0.5) is 4.39 Å². The van der Waals surface area contributed by atoms with Crippen molar-refractivity contribution in [3.63, 3.8) is 0 Å². The smallest absolute Gasteiger partial charge is 0.129 e. The maximum absolute atomic E-state index is 14.2. The Hall–Kier alpha value is -1.38. The molecule has 1 unspecified atom stereocenters. The Kier molecular flexibility index (Phi) is 4.01. The lowest BCUT2D eigenvalue weighted by Gasteiger charge is -2.16. The first kappa shape index (κ1) is 14.6. The van der Waals surface area contributed by atoms with Gasteiger partial charge in [0.15, 0.2) is 0 Å². The molecule has 0 bridgehead atoms. The molecule has 106 valence electrons. The van der Waals surface area contributed by atoms with Gasteiger partial charge in [0.2, 0.25) is 0 Å². The summed E-state index contributed by atoms with van der Waals surface area (Å²) in [5, 5.41) is 1.67. The van der Waals surface area contributed by atoms with Crippen LogP contribution in [-0.4, -0.2) is 0 Å². The van der Waals surface area contributed by atoms with Crippen molar-refractivity contribution in [1.29, 1.82) is 0 Å². The van der Waals surface area contributed by atoms with E-state index in [-0.39, 0.29) is 5.82 Å². The third-order valence-electron chi connectivity index (χ3n) is 3.70. The third kappa shape index (κ3) is 2.58. The number of alkyl halides is 1. The topological polar surface area (TPSA) is 0 Å². The fourth-order valence-electron chi connectivity index (χ4n) is 2.60. The summed E-state index contributed by atoms with van der Waals surface area (Å²) >= 11 is 10.0. The van der Waals surface area contributed by atoms with Crippen LogP contribution in [0.1, 0.15) is 22.1 Å². The number of benzene rings is 3. The van der Waals surface area contributed by atoms with Crippen LogP contribution in [0.15, 0.2) is 59.1 Å². The van der Waals surface area contributed by atoms with E-state index in [0.717, 1.165) is 16.3 Å². The average Bonchev–Trinajstić information content (AvgIpc) is 2.47. The van der Waals surface area contributed by atoms with E-state index in [1.807, 2.05) is 36.4 Å². The largest absolute Gasteiger partial charge is 0.207 e. The highest BCUT2D eigenvalue weighted by molar-refractivity contribution is 9.10. The second kappa shape index (κ2) is 5.78. The number of hydrogen-bond acceptors (Lipinski definition) is 0. The molecule has 0 saturated carbocycles. The van der Waals surface area contributed by atoms with Crippen molar-refractivity contribution in [2.75, 3.05) is 0 Å². The first-order chi connectivity index (χ1) is 10.1. The van der Waals surface area contributed by atoms with E-state index >= 15 is 0 Å². The predicted molar refractivity (Wildman–Crippen MR) is 90.5 cm³/mol. The normalized spacial score (nSPS) is 12.6. The number of hydrogen-bond donors (Lipinski definition) is 0. The van der Waals surface area contributed by atoms with Crippen LogP contribution in [-0.2, 0) is 0 Å². The molecular formula is C18H13BrClF. The fourth-order valence-corrected chi connectivity index (χ4v) is 3.72. The Morgan fingerprint density at radius 3 is 2.38 bits per heavy atom. The molecule has 0 aliphatic heterocycles. The standard InChI is InChI=1S/C18H13BrClF/c1-11-9-10-14(13-6-3-2-5-12(11)13)18(20)17-15(19)7-4-8-16(17)21/h2-10,18H,1H3. The Balaban J connectivity index is 2.23. The Labute approximate surface area is 136 Å². The van der Waals surface area contributed by atoms with Crippen LogP contribution < -0.4 is 0 Å². The van der Waals surface area contributed by atoms with Crippen LogP contribution in [0.3, 0.4) is 0 Å². The van der Waals surface area contributed by atoms with Gasteiger partial charge in [-0.3, -0.25) is 0 Å². The molecule has 3 heteroatoms. The number of aryl methyl sites for hydroxylation is 1. The van der Waals surface area contributed by atoms with Crippen molar-refractivity contribution in [2.45, 2.75) is 12.3 Å². The van der Waals surface area contributed by atoms with Gasteiger partial charge in [0.25, 0.3) is 0 Å². The molecule has 1 atom stereocenters. The van der Waals surface area contributed by atoms with Gasteiger partial charge in [0.1, 0.15) is 5.82 Å². The summed E-state index contributed by atoms with van der Waals surface area (Å²) in [5.74, 6) is -0.297. The van der Waals surface area contributed by atoms with E-state index in [9.17, 15) is 4.39 Å². The molecule has 0 spiro atoms. The Bertz CT molecular complexity index is 793. The van der Waals surface area contributed by atoms with Gasteiger partial charge in [-0.05, 0) is 41.0 Å². The molecule has 21 heavy (non-hydrogen) atoms. The molecule has 3 rings (SSSR count). The summed E-state index contributed by atoms with van der Waals surface area (Å²) in [5.41, 5.74) is 2.59. The minimum atomic E-state index is -0.536. The van der Waals surface area contributed by atoms with Gasteiger partial charge in [-0.15, -0.1) is 11.6 Å². The molecule has 0 aromatic heterocycles. The van der Waals surface area contributed by atoms with Crippen molar-refractivity contribution >= 4 is 38.3 Å². The molecule has 0 saturated heterocycles. The lowest BCUT2D eigenvalue weighted by molar-refractivity contribution is 0.611. The highest BCUT2D eigenvalue weighted by Crippen LogP contribution is 2.39. The number of halogens is 3. The Morgan fingerprint density at radius 1 is 0.952 bits per heavy atom. The van der Waals surface area contributed by atoms with Gasteiger partial charge in [0.05, 0.1) is 5.38 Å². The van der Waals surface area contributed by atoms with Gasteiger partial charge < -0.3 is 0 Å². The molecule has 0 radical (unpaired) electrons. The van der Waals surface area contributed by atoms with E-state index in [1.54, 1.807) is 6.07 Å². The van der Waals surface area contributed by atoms with Crippen molar-refractivity contribution < 1.29 is 4.39 Å². The quantitative estimate of drug-likeness (QED) is 0.463. The van der Waals surface area contributed by atoms with Crippen molar-refractivity contribution in [2.24, 2.45) is 0 Å². The first-order valence-corrected chi connectivity index (χ1v) is 7.89. The minimum Gasteiger partial charge on any atom is -0.207 e. The predicted octanol–water partition coefficient (Wildman–Crippen LogP) is 6.38. The second-order valence-corrected chi connectivity index (χ2v) is 6.31. The maximum Gasteiger partial charge on any atom is 0.129 e. The lowest BCUT2D eigenvalue weighted by atomic mass is 9.95. The minimum absolute atomic E-state index is 0.297. The van der Waals surface area contributed by atoms with Gasteiger partial charge in [-0.2, -0.15) is 0 Å². The summed E-state index contributed by atoms with van der Waals surface area (Å²) in [6.07, 6.45) is 0. The molecule has 0 N–H and O–H groups in total. The second-order valence-electron chi connectivity index (χ2n) is 5.02. The molecule has 3 aromatic carbocycles. The summed E-state index contributed by atoms with van der Waals surface area (Å²) in [6, 6.07) is 17.0. The van der Waals surface area contributed by atoms with Crippen molar-refractivity contribution in [3.8, 4) is 0 Å². The van der Waals surface area contributed by atoms with Crippen LogP contribution in [0.2, 0.25) is 0 Å². The molecular weight excluding hydrogens is 351 g/mol. The Morgan fingerprint density at radius 2 is 1.67 bits per heavy atom. The maximum atomic E-state index is 14.2. The molecule has 0 fully saturated rings. The van der Waals surface area contributed by atoms with Crippen LogP contribution in [0.5, 0.6) is 0 Å². The molecule has 0 heterocycles. The monoisotopic (exact) mass is 362 g/mol. The summed E-state index contributed by atoms with van der Waals surface area (Å²) < 4.78 is 14.8. The lowest BCUT2D eigenvalue weighted by Crippen LogP contribution is -2.00. The zero-order valence-electron chi connectivity index (χ0n) is 11.4. The third-order valence-corrected chi connectivity index (χ3v) is 4.85. The van der Waals surface area contributed by atoms with E-state index in [0.29, 0.717) is 10.0 Å².